The molecule has 2 aromatic rings. The lowest BCUT2D eigenvalue weighted by Gasteiger charge is -2.25. The molecule has 0 radical (unpaired) electrons. The molecule has 0 bridgehead atoms. The summed E-state index contributed by atoms with van der Waals surface area (Å²) in [4.78, 5) is 4.78. The summed E-state index contributed by atoms with van der Waals surface area (Å²) < 4.78 is 0. The van der Waals surface area contributed by atoms with Crippen LogP contribution >= 0.6 is 0 Å². The Morgan fingerprint density at radius 3 is 2.73 bits per heavy atom. The molecule has 0 amide bonds. The molecule has 0 fully saturated rings. The van der Waals surface area contributed by atoms with Gasteiger partial charge in [-0.15, -0.1) is 0 Å². The van der Waals surface area contributed by atoms with Crippen LogP contribution in [0.2, 0.25) is 0 Å². The van der Waals surface area contributed by atoms with Gasteiger partial charge in [-0.25, -0.2) is 4.98 Å². The van der Waals surface area contributed by atoms with Crippen molar-refractivity contribution < 1.29 is 5.11 Å². The van der Waals surface area contributed by atoms with E-state index >= 15 is 0 Å². The molecule has 2 heterocycles. The Labute approximate surface area is 155 Å². The highest BCUT2D eigenvalue weighted by molar-refractivity contribution is 5.61. The monoisotopic (exact) mass is 346 g/mol. The van der Waals surface area contributed by atoms with Gasteiger partial charge in [-0.1, -0.05) is 60.7 Å². The number of aliphatic hydroxyl groups excluding tert-OH is 1. The molecule has 3 nitrogen and oxygen atoms in total. The number of hydrogen-bond acceptors (Lipinski definition) is 3. The van der Waals surface area contributed by atoms with Crippen molar-refractivity contribution in [3.05, 3.63) is 76.3 Å². The number of aryl methyl sites for hydroxylation is 1. The van der Waals surface area contributed by atoms with Gasteiger partial charge in [0.05, 0.1) is 23.2 Å². The van der Waals surface area contributed by atoms with E-state index in [1.165, 1.54) is 5.56 Å². The zero-order valence-electron chi connectivity index (χ0n) is 15.4. The average Bonchev–Trinajstić information content (AvgIpc) is 2.68. The van der Waals surface area contributed by atoms with Crippen LogP contribution in [0.4, 0.5) is 0 Å². The van der Waals surface area contributed by atoms with E-state index in [1.807, 2.05) is 37.3 Å². The minimum Gasteiger partial charge on any atom is -0.386 e. The largest absolute Gasteiger partial charge is 0.386 e. The Kier molecular flexibility index (Phi) is 5.82. The summed E-state index contributed by atoms with van der Waals surface area (Å²) in [6, 6.07) is 10.1. The fraction of sp³-hybridized carbons (Fsp3) is 0.261. The van der Waals surface area contributed by atoms with Gasteiger partial charge < -0.3 is 10.4 Å². The zero-order chi connectivity index (χ0) is 18.5. The first-order valence-corrected chi connectivity index (χ1v) is 9.08. The van der Waals surface area contributed by atoms with E-state index in [0.29, 0.717) is 0 Å². The highest BCUT2D eigenvalue weighted by Crippen LogP contribution is 2.21. The Balaban J connectivity index is 2.14. The molecule has 26 heavy (non-hydrogen) atoms. The molecule has 0 aliphatic carbocycles. The van der Waals surface area contributed by atoms with Crippen LogP contribution in [0, 0.1) is 6.92 Å². The highest BCUT2D eigenvalue weighted by atomic mass is 16.3. The lowest BCUT2D eigenvalue weighted by Crippen LogP contribution is -2.40. The first-order valence-electron chi connectivity index (χ1n) is 9.08. The van der Waals surface area contributed by atoms with E-state index in [4.69, 9.17) is 4.98 Å². The predicted octanol–water partition coefficient (Wildman–Crippen LogP) is 2.78. The first kappa shape index (κ1) is 18.3. The summed E-state index contributed by atoms with van der Waals surface area (Å²) in [5, 5.41) is 15.9. The molecule has 2 atom stereocenters. The van der Waals surface area contributed by atoms with Crippen molar-refractivity contribution in [3.8, 4) is 11.3 Å². The Morgan fingerprint density at radius 2 is 2.08 bits per heavy atom. The van der Waals surface area contributed by atoms with Gasteiger partial charge >= 0.3 is 0 Å². The fourth-order valence-corrected chi connectivity index (χ4v) is 3.13. The lowest BCUT2D eigenvalue weighted by molar-refractivity contribution is 0.145. The van der Waals surface area contributed by atoms with Crippen LogP contribution in [-0.2, 0) is 0 Å². The number of rotatable bonds is 4. The number of nitrogens with one attached hydrogen (secondary N) is 1. The molecule has 3 rings (SSSR count). The van der Waals surface area contributed by atoms with E-state index in [-0.39, 0.29) is 6.04 Å². The van der Waals surface area contributed by atoms with Gasteiger partial charge in [-0.3, -0.25) is 0 Å². The molecule has 0 saturated carbocycles. The van der Waals surface area contributed by atoms with Crippen molar-refractivity contribution in [1.29, 1.82) is 0 Å². The molecular formula is C23H26N2O. The summed E-state index contributed by atoms with van der Waals surface area (Å²) in [5.74, 6) is 0. The molecule has 0 saturated heterocycles. The van der Waals surface area contributed by atoms with Crippen molar-refractivity contribution in [1.82, 2.24) is 10.3 Å². The van der Waals surface area contributed by atoms with Gasteiger partial charge in [0.15, 0.2) is 0 Å². The SMILES string of the molecule is C=c1c([C@@H](O)[C@H]2C=CCCN2)cc(-c2ccc(C)cc2)n/c1=C/C=C\C. The van der Waals surface area contributed by atoms with E-state index < -0.39 is 6.10 Å². The molecule has 3 heteroatoms. The summed E-state index contributed by atoms with van der Waals surface area (Å²) in [5.41, 5.74) is 3.91. The summed E-state index contributed by atoms with van der Waals surface area (Å²) in [7, 11) is 0. The second-order valence-corrected chi connectivity index (χ2v) is 6.66. The minimum atomic E-state index is -0.663. The van der Waals surface area contributed by atoms with Crippen LogP contribution in [-0.4, -0.2) is 22.7 Å². The van der Waals surface area contributed by atoms with E-state index in [1.54, 1.807) is 0 Å². The number of aliphatic hydroxyl groups is 1. The second-order valence-electron chi connectivity index (χ2n) is 6.66. The summed E-state index contributed by atoms with van der Waals surface area (Å²) in [6.45, 7) is 9.11. The summed E-state index contributed by atoms with van der Waals surface area (Å²) >= 11 is 0. The van der Waals surface area contributed by atoms with E-state index in [0.717, 1.165) is 40.4 Å². The third-order valence-corrected chi connectivity index (χ3v) is 4.68. The molecule has 0 unspecified atom stereocenters. The van der Waals surface area contributed by atoms with Gasteiger partial charge in [0, 0.05) is 5.56 Å². The zero-order valence-corrected chi connectivity index (χ0v) is 15.4. The van der Waals surface area contributed by atoms with Crippen molar-refractivity contribution >= 4 is 12.7 Å². The molecule has 1 aliphatic rings. The molecule has 1 aromatic heterocycles. The molecule has 1 aromatic carbocycles. The average molecular weight is 346 g/mol. The van der Waals surface area contributed by atoms with Gasteiger partial charge in [-0.05, 0) is 49.7 Å². The maximum atomic E-state index is 11.0. The topological polar surface area (TPSA) is 45.1 Å². The Hall–Kier alpha value is -2.49. The number of aromatic nitrogens is 1. The fourth-order valence-electron chi connectivity index (χ4n) is 3.13. The number of pyridine rings is 1. The molecular weight excluding hydrogens is 320 g/mol. The van der Waals surface area contributed by atoms with Crippen LogP contribution < -0.4 is 15.9 Å². The predicted molar refractivity (Wildman–Crippen MR) is 109 cm³/mol. The van der Waals surface area contributed by atoms with Gasteiger partial charge in [-0.2, -0.15) is 0 Å². The van der Waals surface area contributed by atoms with Crippen molar-refractivity contribution in [2.45, 2.75) is 32.4 Å². The lowest BCUT2D eigenvalue weighted by atomic mass is 9.96. The quantitative estimate of drug-likeness (QED) is 0.837. The van der Waals surface area contributed by atoms with Crippen molar-refractivity contribution in [2.75, 3.05) is 6.54 Å². The van der Waals surface area contributed by atoms with Crippen LogP contribution in [0.25, 0.3) is 23.9 Å². The van der Waals surface area contributed by atoms with Crippen LogP contribution in [0.3, 0.4) is 0 Å². The first-order chi connectivity index (χ1) is 12.6. The van der Waals surface area contributed by atoms with E-state index in [9.17, 15) is 5.11 Å². The number of nitrogens with zero attached hydrogens (tertiary/aromatic N) is 1. The molecule has 134 valence electrons. The van der Waals surface area contributed by atoms with Crippen LogP contribution in [0.5, 0.6) is 0 Å². The standard InChI is InChI=1S/C23H26N2O/c1-4-5-8-20-17(3)19(23(26)21-9-6-7-14-24-21)15-22(25-20)18-12-10-16(2)11-13-18/h4-6,8-13,15,21,23-24,26H,3,7,14H2,1-2H3/b5-4-,20-8+/t21-,23-/m1/s1. The number of benzene rings is 1. The van der Waals surface area contributed by atoms with Crippen molar-refractivity contribution in [2.24, 2.45) is 0 Å². The molecule has 0 spiro atoms. The normalized spacial score (nSPS) is 19.2. The maximum Gasteiger partial charge on any atom is 0.0985 e. The maximum absolute atomic E-state index is 11.0. The van der Waals surface area contributed by atoms with Gasteiger partial charge in [0.1, 0.15) is 0 Å². The third-order valence-electron chi connectivity index (χ3n) is 4.68. The number of allylic oxidation sites excluding steroid dienone is 2. The Morgan fingerprint density at radius 1 is 1.31 bits per heavy atom. The number of hydrogen-bond donors (Lipinski definition) is 2. The second kappa shape index (κ2) is 8.26. The van der Waals surface area contributed by atoms with Crippen LogP contribution in [0.15, 0.2) is 54.6 Å². The van der Waals surface area contributed by atoms with Gasteiger partial charge in [0.2, 0.25) is 0 Å². The van der Waals surface area contributed by atoms with Crippen molar-refractivity contribution in [3.63, 3.8) is 0 Å². The smallest absolute Gasteiger partial charge is 0.0985 e. The van der Waals surface area contributed by atoms with Gasteiger partial charge in [0.25, 0.3) is 0 Å². The highest BCUT2D eigenvalue weighted by Gasteiger charge is 2.21. The molecule has 2 N–H and O–H groups in total. The van der Waals surface area contributed by atoms with E-state index in [2.05, 4.69) is 49.2 Å². The Bertz CT molecular complexity index is 926. The van der Waals surface area contributed by atoms with Crippen LogP contribution in [0.1, 0.15) is 30.6 Å². The molecule has 1 aliphatic heterocycles. The minimum absolute atomic E-state index is 0.105. The summed E-state index contributed by atoms with van der Waals surface area (Å²) in [6.07, 6.45) is 10.3. The third kappa shape index (κ3) is 4.01.